The Hall–Kier alpha value is -3.31. The molecule has 0 aliphatic carbocycles. The van der Waals surface area contributed by atoms with Crippen molar-refractivity contribution >= 4 is 40.9 Å². The molecule has 2 aliphatic heterocycles. The third-order valence-corrected chi connectivity index (χ3v) is 5.28. The van der Waals surface area contributed by atoms with Crippen molar-refractivity contribution in [3.63, 3.8) is 0 Å². The minimum Gasteiger partial charge on any atom is -0.407 e. The number of hydrogen-bond acceptors (Lipinski definition) is 5. The van der Waals surface area contributed by atoms with Crippen LogP contribution in [-0.4, -0.2) is 35.3 Å². The number of alkyl halides is 2. The quantitative estimate of drug-likeness (QED) is 0.597. The third-order valence-electron chi connectivity index (χ3n) is 5.06. The van der Waals surface area contributed by atoms with E-state index in [9.17, 15) is 32.7 Å². The van der Waals surface area contributed by atoms with Gasteiger partial charge in [-0.25, -0.2) is 9.18 Å². The summed E-state index contributed by atoms with van der Waals surface area (Å²) >= 11 is 5.74. The Morgan fingerprint density at radius 3 is 2.72 bits per heavy atom. The molecule has 2 aromatic rings. The Balaban J connectivity index is 1.44. The summed E-state index contributed by atoms with van der Waals surface area (Å²) in [6.45, 7) is -0.320. The van der Waals surface area contributed by atoms with Gasteiger partial charge in [-0.2, -0.15) is 8.78 Å². The first-order valence-corrected chi connectivity index (χ1v) is 9.67. The maximum Gasteiger partial charge on any atom is 0.410 e. The predicted octanol–water partition coefficient (Wildman–Crippen LogP) is 2.87. The van der Waals surface area contributed by atoms with Crippen LogP contribution in [0.1, 0.15) is 17.5 Å². The molecule has 2 aromatic carbocycles. The summed E-state index contributed by atoms with van der Waals surface area (Å²) in [4.78, 5) is 37.1. The third kappa shape index (κ3) is 3.84. The minimum absolute atomic E-state index is 0.000684. The molecule has 0 aromatic heterocycles. The van der Waals surface area contributed by atoms with Gasteiger partial charge in [0.15, 0.2) is 0 Å². The number of nitrogens with one attached hydrogen (secondary N) is 2. The molecule has 2 aliphatic rings. The topological polar surface area (TPSA) is 108 Å². The molecule has 2 heterocycles. The molecule has 0 unspecified atom stereocenters. The Bertz CT molecular complexity index is 1130. The summed E-state index contributed by atoms with van der Waals surface area (Å²) in [6, 6.07) is 7.12. The number of alkyl carbamates (subject to hydrolysis) is 1. The number of carbonyl (C=O) groups excluding carboxylic acids is 3. The molecule has 1 fully saturated rings. The summed E-state index contributed by atoms with van der Waals surface area (Å²) in [5.74, 6) is -9.42. The van der Waals surface area contributed by atoms with Crippen LogP contribution in [-0.2, 0) is 26.8 Å². The van der Waals surface area contributed by atoms with E-state index in [0.717, 1.165) is 23.1 Å². The van der Waals surface area contributed by atoms with Crippen molar-refractivity contribution in [3.8, 4) is 0 Å². The van der Waals surface area contributed by atoms with Gasteiger partial charge in [0.25, 0.3) is 17.6 Å². The second-order valence-electron chi connectivity index (χ2n) is 7.27. The molecule has 0 bridgehead atoms. The van der Waals surface area contributed by atoms with E-state index in [1.165, 1.54) is 18.2 Å². The van der Waals surface area contributed by atoms with Crippen molar-refractivity contribution in [1.29, 1.82) is 0 Å². The lowest BCUT2D eigenvalue weighted by Crippen LogP contribution is -2.46. The molecule has 0 saturated carbocycles. The lowest BCUT2D eigenvalue weighted by Gasteiger charge is -2.23. The van der Waals surface area contributed by atoms with Gasteiger partial charge in [-0.05, 0) is 42.0 Å². The van der Waals surface area contributed by atoms with Gasteiger partial charge in [0.2, 0.25) is 0 Å². The highest BCUT2D eigenvalue weighted by atomic mass is 35.5. The fourth-order valence-electron chi connectivity index (χ4n) is 3.49. The Labute approximate surface area is 183 Å². The van der Waals surface area contributed by atoms with Gasteiger partial charge in [-0.1, -0.05) is 11.6 Å². The maximum atomic E-state index is 14.0. The zero-order valence-electron chi connectivity index (χ0n) is 16.1. The predicted molar refractivity (Wildman–Crippen MR) is 106 cm³/mol. The number of rotatable bonds is 4. The molecule has 0 radical (unpaired) electrons. The molecule has 32 heavy (non-hydrogen) atoms. The van der Waals surface area contributed by atoms with Crippen molar-refractivity contribution in [2.75, 3.05) is 16.8 Å². The molecule has 3 N–H and O–H groups in total. The lowest BCUT2D eigenvalue weighted by molar-refractivity contribution is -0.175. The van der Waals surface area contributed by atoms with Crippen LogP contribution in [0.4, 0.5) is 29.3 Å². The zero-order chi connectivity index (χ0) is 23.3. The molecule has 1 saturated heterocycles. The van der Waals surface area contributed by atoms with Crippen LogP contribution in [0.5, 0.6) is 0 Å². The highest BCUT2D eigenvalue weighted by Crippen LogP contribution is 2.43. The van der Waals surface area contributed by atoms with E-state index in [4.69, 9.17) is 16.3 Å². The summed E-state index contributed by atoms with van der Waals surface area (Å²) in [5, 5.41) is 14.9. The largest absolute Gasteiger partial charge is 0.410 e. The molecule has 1 atom stereocenters. The highest BCUT2D eigenvalue weighted by molar-refractivity contribution is 6.30. The first kappa shape index (κ1) is 21.9. The van der Waals surface area contributed by atoms with Gasteiger partial charge in [0, 0.05) is 30.2 Å². The van der Waals surface area contributed by atoms with E-state index in [-0.39, 0.29) is 35.9 Å². The zero-order valence-corrected chi connectivity index (χ0v) is 16.9. The van der Waals surface area contributed by atoms with E-state index in [1.54, 1.807) is 0 Å². The Kier molecular flexibility index (Phi) is 5.25. The number of hydrogen-bond donors (Lipinski definition) is 3. The molecule has 12 heteroatoms. The second-order valence-corrected chi connectivity index (χ2v) is 7.71. The van der Waals surface area contributed by atoms with Gasteiger partial charge < -0.3 is 25.4 Å². The second kappa shape index (κ2) is 7.68. The Morgan fingerprint density at radius 1 is 1.25 bits per heavy atom. The van der Waals surface area contributed by atoms with Crippen molar-refractivity contribution in [1.82, 2.24) is 5.32 Å². The number of carbonyl (C=O) groups is 3. The average Bonchev–Trinajstić information content (AvgIpc) is 3.12. The highest BCUT2D eigenvalue weighted by Gasteiger charge is 2.51. The number of halogens is 4. The van der Waals surface area contributed by atoms with Crippen molar-refractivity contribution in [3.05, 3.63) is 58.4 Å². The molecule has 4 rings (SSSR count). The van der Waals surface area contributed by atoms with E-state index in [0.29, 0.717) is 5.56 Å². The molecule has 168 valence electrons. The SMILES string of the molecule is O=C(NCc1cc(F)cc(Cl)c1)O[C@@]1(O)CCN(c2ccc3c(c2)C(F)(F)C(=O)N3)C1=O. The first-order valence-electron chi connectivity index (χ1n) is 9.29. The van der Waals surface area contributed by atoms with E-state index < -0.39 is 41.0 Å². The molecule has 0 spiro atoms. The van der Waals surface area contributed by atoms with Gasteiger partial charge >= 0.3 is 12.0 Å². The number of ether oxygens (including phenoxy) is 1. The number of anilines is 2. The maximum absolute atomic E-state index is 14.0. The standard InChI is InChI=1S/C20H15ClF3N3O5/c21-11-5-10(6-12(22)7-11)9-25-18(30)32-19(31)3-4-27(17(19)29)13-1-2-15-14(8-13)20(23,24)16(28)26-15/h1-2,5-8,31H,3-4,9H2,(H,25,30)(H,26,28)/t19-/m0/s1. The van der Waals surface area contributed by atoms with Crippen LogP contribution in [0, 0.1) is 5.82 Å². The summed E-state index contributed by atoms with van der Waals surface area (Å²) < 4.78 is 46.3. The van der Waals surface area contributed by atoms with Crippen LogP contribution in [0.15, 0.2) is 36.4 Å². The van der Waals surface area contributed by atoms with Crippen molar-refractivity contribution in [2.45, 2.75) is 24.7 Å². The summed E-state index contributed by atoms with van der Waals surface area (Å²) in [7, 11) is 0. The van der Waals surface area contributed by atoms with Crippen molar-refractivity contribution in [2.24, 2.45) is 0 Å². The number of fused-ring (bicyclic) bond motifs is 1. The van der Waals surface area contributed by atoms with E-state index in [1.807, 2.05) is 5.32 Å². The fraction of sp³-hybridized carbons (Fsp3) is 0.250. The number of nitrogens with zero attached hydrogens (tertiary/aromatic N) is 1. The summed E-state index contributed by atoms with van der Waals surface area (Å²) in [5.41, 5.74) is -0.366. The molecular formula is C20H15ClF3N3O5. The van der Waals surface area contributed by atoms with Crippen LogP contribution in [0.25, 0.3) is 0 Å². The molecule has 3 amide bonds. The molecule has 8 nitrogen and oxygen atoms in total. The van der Waals surface area contributed by atoms with E-state index in [2.05, 4.69) is 5.32 Å². The van der Waals surface area contributed by atoms with Crippen LogP contribution >= 0.6 is 11.6 Å². The van der Waals surface area contributed by atoms with Crippen LogP contribution in [0.2, 0.25) is 5.02 Å². The van der Waals surface area contributed by atoms with E-state index >= 15 is 0 Å². The van der Waals surface area contributed by atoms with Crippen LogP contribution < -0.4 is 15.5 Å². The average molecular weight is 470 g/mol. The summed E-state index contributed by atoms with van der Waals surface area (Å²) in [6.07, 6.45) is -1.48. The lowest BCUT2D eigenvalue weighted by atomic mass is 10.1. The number of benzene rings is 2. The van der Waals surface area contributed by atoms with Gasteiger partial charge in [-0.15, -0.1) is 0 Å². The number of aliphatic hydroxyl groups is 1. The first-order chi connectivity index (χ1) is 15.0. The minimum atomic E-state index is -3.76. The fourth-order valence-corrected chi connectivity index (χ4v) is 3.74. The molecular weight excluding hydrogens is 455 g/mol. The van der Waals surface area contributed by atoms with Gasteiger partial charge in [-0.3, -0.25) is 9.59 Å². The monoisotopic (exact) mass is 469 g/mol. The van der Waals surface area contributed by atoms with Crippen LogP contribution in [0.3, 0.4) is 0 Å². The Morgan fingerprint density at radius 2 is 2.00 bits per heavy atom. The smallest absolute Gasteiger partial charge is 0.407 e. The number of amides is 3. The normalized spacial score (nSPS) is 21.3. The van der Waals surface area contributed by atoms with Gasteiger partial charge in [0.1, 0.15) is 5.82 Å². The van der Waals surface area contributed by atoms with Gasteiger partial charge in [0.05, 0.1) is 11.3 Å². The van der Waals surface area contributed by atoms with Crippen molar-refractivity contribution < 1.29 is 37.4 Å².